The molecule has 0 radical (unpaired) electrons. The van der Waals surface area contributed by atoms with Crippen molar-refractivity contribution in [3.63, 3.8) is 0 Å². The Balaban J connectivity index is 2.10. The fourth-order valence-electron chi connectivity index (χ4n) is 3.35. The van der Waals surface area contributed by atoms with Crippen molar-refractivity contribution in [1.29, 1.82) is 0 Å². The maximum atomic E-state index is 12.4. The number of amides is 1. The van der Waals surface area contributed by atoms with Gasteiger partial charge in [0.1, 0.15) is 0 Å². The molecule has 7 nitrogen and oxygen atoms in total. The molecule has 2 heterocycles. The van der Waals surface area contributed by atoms with Crippen molar-refractivity contribution in [2.75, 3.05) is 18.4 Å². The van der Waals surface area contributed by atoms with Gasteiger partial charge in [0.05, 0.1) is 10.6 Å². The van der Waals surface area contributed by atoms with Gasteiger partial charge in [0.2, 0.25) is 5.72 Å². The molecule has 1 fully saturated rings. The minimum absolute atomic E-state index is 0.110. The fraction of sp³-hybridized carbons (Fsp3) is 0.533. The van der Waals surface area contributed by atoms with Crippen LogP contribution in [-0.2, 0) is 10.5 Å². The molecule has 1 amide bonds. The number of nitrogens with one attached hydrogen (secondary N) is 1. The highest BCUT2D eigenvalue weighted by atomic mass is 16.6. The molecule has 0 saturated carbocycles. The number of nitro benzene ring substituents is 1. The summed E-state index contributed by atoms with van der Waals surface area (Å²) in [5.41, 5.74) is -0.547. The van der Waals surface area contributed by atoms with Crippen LogP contribution >= 0.6 is 0 Å². The van der Waals surface area contributed by atoms with Crippen molar-refractivity contribution >= 4 is 17.3 Å². The molecule has 1 atom stereocenters. The van der Waals surface area contributed by atoms with Gasteiger partial charge in [-0.3, -0.25) is 19.8 Å². The average molecular weight is 305 g/mol. The predicted molar refractivity (Wildman–Crippen MR) is 80.4 cm³/mol. The predicted octanol–water partition coefficient (Wildman–Crippen LogP) is 1.88. The molecule has 3 rings (SSSR count). The van der Waals surface area contributed by atoms with Crippen molar-refractivity contribution in [1.82, 2.24) is 4.90 Å². The van der Waals surface area contributed by atoms with Crippen molar-refractivity contribution in [2.24, 2.45) is 0 Å². The summed E-state index contributed by atoms with van der Waals surface area (Å²) in [6.07, 6.45) is 3.93. The zero-order chi connectivity index (χ0) is 15.9. The van der Waals surface area contributed by atoms with Crippen LogP contribution in [0.15, 0.2) is 12.1 Å². The van der Waals surface area contributed by atoms with E-state index in [4.69, 9.17) is 0 Å². The van der Waals surface area contributed by atoms with Gasteiger partial charge in [0, 0.05) is 30.8 Å². The number of nitro groups is 1. The highest BCUT2D eigenvalue weighted by Crippen LogP contribution is 2.43. The first-order valence-corrected chi connectivity index (χ1v) is 7.53. The zero-order valence-electron chi connectivity index (χ0n) is 12.5. The lowest BCUT2D eigenvalue weighted by Gasteiger charge is -2.34. The minimum atomic E-state index is -1.81. The van der Waals surface area contributed by atoms with Crippen LogP contribution < -0.4 is 5.32 Å². The number of nitrogens with zero attached hydrogens (tertiary/aromatic N) is 2. The van der Waals surface area contributed by atoms with E-state index in [1.807, 2.05) is 0 Å². The molecule has 1 aromatic carbocycles. The summed E-state index contributed by atoms with van der Waals surface area (Å²) in [6, 6.07) is 2.72. The summed E-state index contributed by atoms with van der Waals surface area (Å²) in [6.45, 7) is 2.90. The van der Waals surface area contributed by atoms with Gasteiger partial charge in [-0.25, -0.2) is 0 Å². The van der Waals surface area contributed by atoms with Crippen molar-refractivity contribution in [2.45, 2.75) is 38.3 Å². The summed E-state index contributed by atoms with van der Waals surface area (Å²) in [5, 5.41) is 24.9. The standard InChI is InChI=1S/C15H19N3O4/c1-10-8-11(18(21)22)9-12-13(10)16-14(19)15(12,20)17-6-4-2-3-5-7-17/h8-9,20H,2-7H2,1H3,(H,16,19)/t15-/m0/s1. The number of aliphatic hydroxyl groups is 1. The Bertz CT molecular complexity index is 638. The molecule has 118 valence electrons. The second-order valence-corrected chi connectivity index (χ2v) is 5.97. The SMILES string of the molecule is Cc1cc([N+](=O)[O-])cc2c1NC(=O)[C@]2(O)N1CCCCCC1. The van der Waals surface area contributed by atoms with Gasteiger partial charge in [0.15, 0.2) is 0 Å². The number of fused-ring (bicyclic) bond motifs is 1. The molecule has 1 aromatic rings. The van der Waals surface area contributed by atoms with E-state index < -0.39 is 16.6 Å². The summed E-state index contributed by atoms with van der Waals surface area (Å²) in [4.78, 5) is 24.7. The van der Waals surface area contributed by atoms with Gasteiger partial charge < -0.3 is 10.4 Å². The van der Waals surface area contributed by atoms with Gasteiger partial charge >= 0.3 is 0 Å². The quantitative estimate of drug-likeness (QED) is 0.642. The lowest BCUT2D eigenvalue weighted by Crippen LogP contribution is -2.51. The zero-order valence-corrected chi connectivity index (χ0v) is 12.5. The lowest BCUT2D eigenvalue weighted by molar-refractivity contribution is -0.385. The van der Waals surface area contributed by atoms with Gasteiger partial charge in [-0.05, 0) is 25.3 Å². The molecule has 0 bridgehead atoms. The normalized spacial score (nSPS) is 25.5. The first-order chi connectivity index (χ1) is 10.4. The van der Waals surface area contributed by atoms with E-state index in [1.54, 1.807) is 11.8 Å². The number of hydrogen-bond acceptors (Lipinski definition) is 5. The third-order valence-electron chi connectivity index (χ3n) is 4.53. The van der Waals surface area contributed by atoms with Crippen LogP contribution in [0.3, 0.4) is 0 Å². The Kier molecular flexibility index (Phi) is 3.62. The Morgan fingerprint density at radius 2 is 1.91 bits per heavy atom. The van der Waals surface area contributed by atoms with Crippen molar-refractivity contribution in [3.05, 3.63) is 33.4 Å². The van der Waals surface area contributed by atoms with Gasteiger partial charge in [-0.1, -0.05) is 12.8 Å². The number of benzene rings is 1. The number of rotatable bonds is 2. The van der Waals surface area contributed by atoms with Crippen molar-refractivity contribution < 1.29 is 14.8 Å². The first kappa shape index (κ1) is 14.9. The lowest BCUT2D eigenvalue weighted by atomic mass is 9.99. The van der Waals surface area contributed by atoms with E-state index in [-0.39, 0.29) is 5.69 Å². The maximum absolute atomic E-state index is 12.4. The van der Waals surface area contributed by atoms with Gasteiger partial charge in [0.25, 0.3) is 11.6 Å². The van der Waals surface area contributed by atoms with Crippen LogP contribution in [0, 0.1) is 17.0 Å². The number of carbonyl (C=O) groups excluding carboxylic acids is 1. The van der Waals surface area contributed by atoms with E-state index >= 15 is 0 Å². The Morgan fingerprint density at radius 1 is 1.27 bits per heavy atom. The molecule has 2 aliphatic heterocycles. The number of aryl methyl sites for hydroxylation is 1. The largest absolute Gasteiger partial charge is 0.364 e. The maximum Gasteiger partial charge on any atom is 0.276 e. The monoisotopic (exact) mass is 305 g/mol. The summed E-state index contributed by atoms with van der Waals surface area (Å²) >= 11 is 0. The number of carbonyl (C=O) groups is 1. The topological polar surface area (TPSA) is 95.7 Å². The van der Waals surface area contributed by atoms with Crippen LogP contribution in [0.5, 0.6) is 0 Å². The van der Waals surface area contributed by atoms with Crippen LogP contribution in [0.4, 0.5) is 11.4 Å². The highest BCUT2D eigenvalue weighted by Gasteiger charge is 2.51. The molecule has 1 saturated heterocycles. The molecule has 7 heteroatoms. The molecule has 0 aliphatic carbocycles. The number of anilines is 1. The Morgan fingerprint density at radius 3 is 2.50 bits per heavy atom. The third-order valence-corrected chi connectivity index (χ3v) is 4.53. The van der Waals surface area contributed by atoms with E-state index in [2.05, 4.69) is 5.32 Å². The third kappa shape index (κ3) is 2.17. The number of hydrogen-bond donors (Lipinski definition) is 2. The molecule has 0 aromatic heterocycles. The second-order valence-electron chi connectivity index (χ2n) is 5.97. The number of non-ortho nitro benzene ring substituents is 1. The fourth-order valence-corrected chi connectivity index (χ4v) is 3.35. The van der Waals surface area contributed by atoms with Crippen LogP contribution in [0.1, 0.15) is 36.8 Å². The van der Waals surface area contributed by atoms with Crippen LogP contribution in [0.25, 0.3) is 0 Å². The summed E-state index contributed by atoms with van der Waals surface area (Å²) in [7, 11) is 0. The molecule has 22 heavy (non-hydrogen) atoms. The smallest absolute Gasteiger partial charge is 0.276 e. The number of likely N-dealkylation sites (tertiary alicyclic amines) is 1. The molecular weight excluding hydrogens is 286 g/mol. The summed E-state index contributed by atoms with van der Waals surface area (Å²) in [5.74, 6) is -0.520. The highest BCUT2D eigenvalue weighted by molar-refractivity contribution is 6.05. The Hall–Kier alpha value is -1.99. The molecule has 2 N–H and O–H groups in total. The van der Waals surface area contributed by atoms with E-state index in [9.17, 15) is 20.0 Å². The molecule has 0 spiro atoms. The van der Waals surface area contributed by atoms with Gasteiger partial charge in [-0.15, -0.1) is 0 Å². The van der Waals surface area contributed by atoms with Crippen LogP contribution in [0.2, 0.25) is 0 Å². The van der Waals surface area contributed by atoms with E-state index in [0.717, 1.165) is 25.7 Å². The summed E-state index contributed by atoms with van der Waals surface area (Å²) < 4.78 is 0. The molecule has 2 aliphatic rings. The Labute approximate surface area is 128 Å². The average Bonchev–Trinajstić information content (AvgIpc) is 2.68. The van der Waals surface area contributed by atoms with Crippen LogP contribution in [-0.4, -0.2) is 33.9 Å². The van der Waals surface area contributed by atoms with E-state index in [0.29, 0.717) is 29.9 Å². The van der Waals surface area contributed by atoms with E-state index in [1.165, 1.54) is 12.1 Å². The van der Waals surface area contributed by atoms with Gasteiger partial charge in [-0.2, -0.15) is 0 Å². The second kappa shape index (κ2) is 5.33. The van der Waals surface area contributed by atoms with Crippen molar-refractivity contribution in [3.8, 4) is 0 Å². The molecule has 0 unspecified atom stereocenters. The molecular formula is C15H19N3O4. The minimum Gasteiger partial charge on any atom is -0.364 e. The first-order valence-electron chi connectivity index (χ1n) is 7.53.